The van der Waals surface area contributed by atoms with Crippen LogP contribution in [0.25, 0.3) is 0 Å². The number of unbranched alkanes of at least 4 members (excludes halogenated alkanes) is 30. The van der Waals surface area contributed by atoms with Crippen LogP contribution >= 0.6 is 0 Å². The first-order chi connectivity index (χ1) is 35.6. The van der Waals surface area contributed by atoms with Crippen LogP contribution in [-0.2, 0) is 23.7 Å². The van der Waals surface area contributed by atoms with E-state index in [1.807, 2.05) is 6.08 Å². The van der Waals surface area contributed by atoms with E-state index >= 15 is 0 Å². The minimum Gasteiger partial charge on any atom is -0.394 e. The molecule has 2 heterocycles. The predicted octanol–water partition coefficient (Wildman–Crippen LogP) is 9.83. The van der Waals surface area contributed by atoms with Crippen molar-refractivity contribution < 1.29 is 64.6 Å². The summed E-state index contributed by atoms with van der Waals surface area (Å²) >= 11 is 0. The molecule has 0 radical (unpaired) electrons. The molecule has 1 amide bonds. The highest BCUT2D eigenvalue weighted by atomic mass is 16.7. The van der Waals surface area contributed by atoms with Crippen molar-refractivity contribution in [1.29, 1.82) is 0 Å². The second kappa shape index (κ2) is 45.3. The number of aliphatic hydroxyl groups is 8. The van der Waals surface area contributed by atoms with Crippen molar-refractivity contribution in [2.24, 2.45) is 0 Å². The van der Waals surface area contributed by atoms with E-state index in [4.69, 9.17) is 18.9 Å². The van der Waals surface area contributed by atoms with Gasteiger partial charge in [0.1, 0.15) is 48.8 Å². The van der Waals surface area contributed by atoms with Crippen LogP contribution in [0.3, 0.4) is 0 Å². The lowest BCUT2D eigenvalue weighted by Gasteiger charge is -2.46. The zero-order chi connectivity index (χ0) is 53.2. The molecule has 2 fully saturated rings. The summed E-state index contributed by atoms with van der Waals surface area (Å²) in [6.07, 6.45) is 37.6. The third-order valence-corrected chi connectivity index (χ3v) is 14.6. The van der Waals surface area contributed by atoms with Crippen LogP contribution in [-0.4, -0.2) is 140 Å². The minimum atomic E-state index is -1.79. The second-order valence-corrected chi connectivity index (χ2v) is 21.1. The van der Waals surface area contributed by atoms with Crippen molar-refractivity contribution in [3.63, 3.8) is 0 Å². The van der Waals surface area contributed by atoms with Crippen molar-refractivity contribution >= 4 is 5.91 Å². The molecule has 2 aliphatic heterocycles. The standard InChI is InChI=1S/C59H109NO13/c1-3-5-7-9-11-13-15-17-19-21-22-23-24-25-27-29-31-33-35-37-39-41-43-51(64)60-47(48(63)42-40-38-36-34-32-30-28-26-20-18-16-14-12-10-8-6-4-2)46-70-58-56(69)54(67)57(50(45-62)72-58)73-59-55(68)53(66)52(65)49(44-61)71-59/h20,26,32,34,40,42,47-50,52-59,61-63,65-69H,3-19,21-25,27-31,33,35-39,41,43-46H2,1-2H3,(H,60,64)/b26-20+,34-32+,42-40+. The van der Waals surface area contributed by atoms with Gasteiger partial charge in [-0.3, -0.25) is 4.79 Å². The fraction of sp³-hybridized carbons (Fsp3) is 0.881. The number of aliphatic hydroxyl groups excluding tert-OH is 8. The molecule has 428 valence electrons. The van der Waals surface area contributed by atoms with Gasteiger partial charge in [-0.1, -0.05) is 224 Å². The average Bonchev–Trinajstić information content (AvgIpc) is 3.39. The highest BCUT2D eigenvalue weighted by Gasteiger charge is 2.51. The van der Waals surface area contributed by atoms with Gasteiger partial charge in [-0.15, -0.1) is 0 Å². The number of carbonyl (C=O) groups is 1. The fourth-order valence-corrected chi connectivity index (χ4v) is 9.74. The topological polar surface area (TPSA) is 228 Å². The lowest BCUT2D eigenvalue weighted by molar-refractivity contribution is -0.359. The average molecular weight is 1040 g/mol. The van der Waals surface area contributed by atoms with Gasteiger partial charge < -0.3 is 65.1 Å². The molecule has 0 aliphatic carbocycles. The summed E-state index contributed by atoms with van der Waals surface area (Å²) in [5.41, 5.74) is 0. The predicted molar refractivity (Wildman–Crippen MR) is 291 cm³/mol. The summed E-state index contributed by atoms with van der Waals surface area (Å²) in [6.45, 7) is 2.78. The number of hydrogen-bond acceptors (Lipinski definition) is 13. The summed E-state index contributed by atoms with van der Waals surface area (Å²) < 4.78 is 22.7. The minimum absolute atomic E-state index is 0.250. The molecule has 14 nitrogen and oxygen atoms in total. The maximum absolute atomic E-state index is 13.2. The van der Waals surface area contributed by atoms with Crippen LogP contribution in [0, 0.1) is 0 Å². The molecule has 0 aromatic carbocycles. The third kappa shape index (κ3) is 31.3. The van der Waals surface area contributed by atoms with E-state index in [1.54, 1.807) is 6.08 Å². The Morgan fingerprint density at radius 2 is 0.877 bits per heavy atom. The quantitative estimate of drug-likeness (QED) is 0.0205. The monoisotopic (exact) mass is 1040 g/mol. The van der Waals surface area contributed by atoms with Gasteiger partial charge in [0.25, 0.3) is 0 Å². The van der Waals surface area contributed by atoms with Crippen LogP contribution < -0.4 is 5.32 Å². The van der Waals surface area contributed by atoms with Gasteiger partial charge in [0.05, 0.1) is 32.0 Å². The Morgan fingerprint density at radius 3 is 1.34 bits per heavy atom. The fourth-order valence-electron chi connectivity index (χ4n) is 9.74. The van der Waals surface area contributed by atoms with E-state index in [9.17, 15) is 45.6 Å². The molecule has 0 saturated carbocycles. The van der Waals surface area contributed by atoms with Gasteiger partial charge in [-0.2, -0.15) is 0 Å². The largest absolute Gasteiger partial charge is 0.394 e. The summed E-state index contributed by atoms with van der Waals surface area (Å²) in [5.74, 6) is -0.250. The molecule has 0 spiro atoms. The SMILES string of the molecule is CCCCCCCCC/C=C/CC/C=C/CC/C=C/C(O)C(COC1OC(CO)C(OC2OC(CO)C(O)C(O)C2O)C(O)C1O)NC(=O)CCCCCCCCCCCCCCCCCCCCCCCC. The van der Waals surface area contributed by atoms with Crippen LogP contribution in [0.5, 0.6) is 0 Å². The Labute approximate surface area is 442 Å². The molecule has 12 unspecified atom stereocenters. The van der Waals surface area contributed by atoms with Gasteiger partial charge in [0, 0.05) is 6.42 Å². The van der Waals surface area contributed by atoms with E-state index in [0.717, 1.165) is 44.9 Å². The second-order valence-electron chi connectivity index (χ2n) is 21.1. The molecular weight excluding hydrogens is 931 g/mol. The highest BCUT2D eigenvalue weighted by Crippen LogP contribution is 2.30. The van der Waals surface area contributed by atoms with Gasteiger partial charge in [0.15, 0.2) is 12.6 Å². The van der Waals surface area contributed by atoms with E-state index in [1.165, 1.54) is 161 Å². The van der Waals surface area contributed by atoms with E-state index in [2.05, 4.69) is 43.5 Å². The first-order valence-electron chi connectivity index (χ1n) is 29.7. The Bertz CT molecular complexity index is 1370. The van der Waals surface area contributed by atoms with Crippen LogP contribution in [0.1, 0.15) is 239 Å². The zero-order valence-electron chi connectivity index (χ0n) is 45.9. The summed E-state index contributed by atoms with van der Waals surface area (Å²) in [7, 11) is 0. The molecule has 0 aromatic rings. The van der Waals surface area contributed by atoms with Crippen molar-refractivity contribution in [1.82, 2.24) is 5.32 Å². The number of hydrogen-bond donors (Lipinski definition) is 9. The molecule has 2 rings (SSSR count). The molecule has 12 atom stereocenters. The normalized spacial score (nSPS) is 25.6. The number of carbonyl (C=O) groups excluding carboxylic acids is 1. The molecule has 9 N–H and O–H groups in total. The number of nitrogens with one attached hydrogen (secondary N) is 1. The van der Waals surface area contributed by atoms with Crippen molar-refractivity contribution in [3.05, 3.63) is 36.5 Å². The summed E-state index contributed by atoms with van der Waals surface area (Å²) in [5, 5.41) is 87.0. The highest BCUT2D eigenvalue weighted by molar-refractivity contribution is 5.76. The molecule has 0 bridgehead atoms. The van der Waals surface area contributed by atoms with Crippen LogP contribution in [0.4, 0.5) is 0 Å². The molecule has 73 heavy (non-hydrogen) atoms. The third-order valence-electron chi connectivity index (χ3n) is 14.6. The number of ether oxygens (including phenoxy) is 4. The maximum Gasteiger partial charge on any atom is 0.220 e. The molecule has 2 aliphatic rings. The summed E-state index contributed by atoms with van der Waals surface area (Å²) in [4.78, 5) is 13.2. The maximum atomic E-state index is 13.2. The number of allylic oxidation sites excluding steroid dienone is 5. The smallest absolute Gasteiger partial charge is 0.220 e. The van der Waals surface area contributed by atoms with E-state index in [-0.39, 0.29) is 18.9 Å². The van der Waals surface area contributed by atoms with Gasteiger partial charge >= 0.3 is 0 Å². The van der Waals surface area contributed by atoms with Gasteiger partial charge in [0.2, 0.25) is 5.91 Å². The van der Waals surface area contributed by atoms with E-state index < -0.39 is 86.8 Å². The molecular formula is C59H109NO13. The molecule has 2 saturated heterocycles. The number of rotatable bonds is 47. The zero-order valence-corrected chi connectivity index (χ0v) is 45.9. The molecule has 0 aromatic heterocycles. The first-order valence-corrected chi connectivity index (χ1v) is 29.7. The summed E-state index contributed by atoms with van der Waals surface area (Å²) in [6, 6.07) is -0.935. The Hall–Kier alpha value is -1.79. The van der Waals surface area contributed by atoms with Crippen LogP contribution in [0.15, 0.2) is 36.5 Å². The lowest BCUT2D eigenvalue weighted by Crippen LogP contribution is -2.65. The first kappa shape index (κ1) is 67.3. The van der Waals surface area contributed by atoms with Gasteiger partial charge in [-0.05, 0) is 44.9 Å². The van der Waals surface area contributed by atoms with Gasteiger partial charge in [-0.25, -0.2) is 0 Å². The lowest BCUT2D eigenvalue weighted by atomic mass is 9.97. The Morgan fingerprint density at radius 1 is 0.479 bits per heavy atom. The molecule has 14 heteroatoms. The van der Waals surface area contributed by atoms with Crippen molar-refractivity contribution in [2.45, 2.75) is 312 Å². The van der Waals surface area contributed by atoms with Crippen LogP contribution in [0.2, 0.25) is 0 Å². The van der Waals surface area contributed by atoms with Crippen molar-refractivity contribution in [2.75, 3.05) is 19.8 Å². The Kier molecular flexibility index (Phi) is 41.7. The van der Waals surface area contributed by atoms with E-state index in [0.29, 0.717) is 12.8 Å². The number of amides is 1. The van der Waals surface area contributed by atoms with Crippen molar-refractivity contribution in [3.8, 4) is 0 Å². The Balaban J connectivity index is 1.78.